The summed E-state index contributed by atoms with van der Waals surface area (Å²) in [6.07, 6.45) is -31.9. The van der Waals surface area contributed by atoms with E-state index in [1.165, 1.54) is 45.9 Å². The monoisotopic (exact) mass is 1430 g/mol. The molecule has 6 rings (SSSR count). The Morgan fingerprint density at radius 1 is 0.576 bits per heavy atom. The van der Waals surface area contributed by atoms with E-state index in [2.05, 4.69) is 45.7 Å². The van der Waals surface area contributed by atoms with Crippen LogP contribution in [0.25, 0.3) is 0 Å². The van der Waals surface area contributed by atoms with Crippen molar-refractivity contribution in [3.63, 3.8) is 0 Å². The van der Waals surface area contributed by atoms with Crippen molar-refractivity contribution in [2.45, 2.75) is 271 Å². The number of rotatable bonds is 36. The van der Waals surface area contributed by atoms with E-state index in [0.717, 1.165) is 53.4 Å². The molecule has 0 aliphatic carbocycles. The van der Waals surface area contributed by atoms with Gasteiger partial charge in [0.15, 0.2) is 37.7 Å². The number of aliphatic hydroxyl groups is 13. The molecule has 1 aromatic carbocycles. The summed E-state index contributed by atoms with van der Waals surface area (Å²) in [5.74, 6) is -3.69. The van der Waals surface area contributed by atoms with Crippen LogP contribution in [-0.4, -0.2) is 321 Å². The fraction of sp³-hybridized carbons (Fsp3) is 0.794. The van der Waals surface area contributed by atoms with E-state index >= 15 is 0 Å². The number of amides is 5. The highest BCUT2D eigenvalue weighted by Gasteiger charge is 2.56. The molecule has 566 valence electrons. The van der Waals surface area contributed by atoms with Crippen molar-refractivity contribution in [3.05, 3.63) is 42.0 Å². The Morgan fingerprint density at radius 2 is 1.13 bits per heavy atom. The lowest BCUT2D eigenvalue weighted by molar-refractivity contribution is -0.357. The second-order valence-corrected chi connectivity index (χ2v) is 25.0. The number of hydrogen-bond donors (Lipinski definition) is 18. The highest BCUT2D eigenvalue weighted by Crippen LogP contribution is 2.35. The standard InChI is InChI=1S/C63H103N5O31/c1-9-10-11-12-13-14-15-16-17-21-88-35-20-18-19-34(22-35)56(84)68-42-47(79)46(78)37(24-70)94-60(42)97-52-38(25-71)95-59(43(49(52)81)65-31(5)74)90-28(2)36(23-69)93-63(57(85)67-33(7)76)99-53-39(26-72)96-61(44(50(53)82)66-32(6)75)98-54-40(92-58(86)41(48(54)80)64-30(4)73)27-89-62-55(87-8)51(83)45(77)29(3)91-62/h14-15,18-20,22,28-29,36-55,57-63,69-72,77-83,85-86H,9-13,16-17,21,23-27H2,1-8H3,(H,64,73)(H,65,74)(H,66,75)(H,67,76)(H,68,84)/b15-14-/t28?,29?,36?,37?,38-,39-,40?,41-,42-,43?,44?,45?,46+,47+,48+,49?,50?,51-,52+,53+,54?,55+,57-,58?,59+,60?,61-,62+,63-/m0/s1. The lowest BCUT2D eigenvalue weighted by atomic mass is 9.94. The van der Waals surface area contributed by atoms with Gasteiger partial charge in [-0.05, 0) is 57.7 Å². The minimum Gasteiger partial charge on any atom is -0.494 e. The summed E-state index contributed by atoms with van der Waals surface area (Å²) in [7, 11) is 1.21. The van der Waals surface area contributed by atoms with Gasteiger partial charge in [0.25, 0.3) is 5.91 Å². The van der Waals surface area contributed by atoms with E-state index in [4.69, 9.17) is 61.6 Å². The first-order chi connectivity index (χ1) is 47.1. The molecular formula is C63H103N5O31. The minimum absolute atomic E-state index is 0.0557. The molecule has 5 aliphatic heterocycles. The summed E-state index contributed by atoms with van der Waals surface area (Å²) in [5, 5.41) is 157. The molecule has 0 radical (unpaired) electrons. The van der Waals surface area contributed by atoms with Crippen LogP contribution in [0.2, 0.25) is 0 Å². The number of benzene rings is 1. The quantitative estimate of drug-likeness (QED) is 0.0169. The molecule has 99 heavy (non-hydrogen) atoms. The molecule has 5 saturated heterocycles. The van der Waals surface area contributed by atoms with Crippen molar-refractivity contribution in [1.82, 2.24) is 26.6 Å². The third-order valence-electron chi connectivity index (χ3n) is 17.3. The second-order valence-electron chi connectivity index (χ2n) is 25.0. The molecule has 36 heteroatoms. The average molecular weight is 1430 g/mol. The average Bonchev–Trinajstić information content (AvgIpc) is 0.782. The van der Waals surface area contributed by atoms with Crippen LogP contribution in [0.3, 0.4) is 0 Å². The number of hydrogen-bond acceptors (Lipinski definition) is 31. The molecule has 5 heterocycles. The van der Waals surface area contributed by atoms with Crippen LogP contribution >= 0.6 is 0 Å². The van der Waals surface area contributed by atoms with Crippen molar-refractivity contribution < 1.29 is 152 Å². The Hall–Kier alpha value is -4.89. The smallest absolute Gasteiger partial charge is 0.251 e. The van der Waals surface area contributed by atoms with Gasteiger partial charge in [0, 0.05) is 40.4 Å². The van der Waals surface area contributed by atoms with Gasteiger partial charge in [-0.25, -0.2) is 0 Å². The summed E-state index contributed by atoms with van der Waals surface area (Å²) in [6.45, 7) is 4.78. The molecule has 36 nitrogen and oxygen atoms in total. The van der Waals surface area contributed by atoms with Crippen molar-refractivity contribution >= 4 is 29.5 Å². The van der Waals surface area contributed by atoms with Crippen LogP contribution in [-0.2, 0) is 76.0 Å². The Kier molecular flexibility index (Phi) is 33.8. The van der Waals surface area contributed by atoms with Gasteiger partial charge in [0.1, 0.15) is 128 Å². The van der Waals surface area contributed by atoms with Gasteiger partial charge in [-0.2, -0.15) is 0 Å². The SMILES string of the molecule is CCCCCC/C=C\CCCOc1cccc(C(=O)N[C@@H]2C(O[C@H]3C(O)C(NC(C)=O)[C@H](OC(C)C(CO)O[C@@H](O[C@H]4C(O)C(NC(C)=O)[C@H](OC5C(CO[C@@H]6OC(C)C(O)[C@H](O)[C@H]6OC)OC(O)[C@@H](NC(C)=O)[C@H]5O)O[C@H]4CO)[C@H](O)NC(C)=O)O[C@H]3CO)OC(CO)[C@@H](O)[C@@H]2O)c1. The number of carbonyl (C=O) groups excluding carboxylic acids is 5. The number of allylic oxidation sites excluding steroid dienone is 2. The van der Waals surface area contributed by atoms with Crippen LogP contribution in [0, 0.1) is 0 Å². The van der Waals surface area contributed by atoms with Gasteiger partial charge < -0.3 is 155 Å². The van der Waals surface area contributed by atoms with Crippen molar-refractivity contribution in [2.75, 3.05) is 46.8 Å². The largest absolute Gasteiger partial charge is 0.494 e. The van der Waals surface area contributed by atoms with Gasteiger partial charge >= 0.3 is 0 Å². The molecule has 29 atom stereocenters. The van der Waals surface area contributed by atoms with Gasteiger partial charge in [0.2, 0.25) is 29.9 Å². The van der Waals surface area contributed by atoms with Crippen LogP contribution in [0.5, 0.6) is 5.75 Å². The first kappa shape index (κ1) is 83.1. The number of unbranched alkanes of at least 4 members (excludes halogenated alkanes) is 5. The third-order valence-corrected chi connectivity index (χ3v) is 17.3. The first-order valence-electron chi connectivity index (χ1n) is 33.1. The second kappa shape index (κ2) is 40.2. The molecule has 5 aliphatic rings. The minimum atomic E-state index is -2.22. The zero-order chi connectivity index (χ0) is 72.9. The Labute approximate surface area is 572 Å². The highest BCUT2D eigenvalue weighted by molar-refractivity contribution is 5.94. The molecule has 0 saturated carbocycles. The molecule has 5 fully saturated rings. The van der Waals surface area contributed by atoms with Gasteiger partial charge in [-0.1, -0.05) is 44.4 Å². The molecule has 0 bridgehead atoms. The summed E-state index contributed by atoms with van der Waals surface area (Å²) in [5.41, 5.74) is 0.0557. The molecule has 5 amide bonds. The Balaban J connectivity index is 1.19. The van der Waals surface area contributed by atoms with E-state index < -0.39 is 241 Å². The van der Waals surface area contributed by atoms with E-state index in [1.54, 1.807) is 12.1 Å². The maximum atomic E-state index is 13.9. The van der Waals surface area contributed by atoms with Gasteiger partial charge in [-0.15, -0.1) is 0 Å². The fourth-order valence-corrected chi connectivity index (χ4v) is 12.0. The van der Waals surface area contributed by atoms with Crippen molar-refractivity contribution in [2.24, 2.45) is 0 Å². The van der Waals surface area contributed by atoms with Crippen LogP contribution in [0.1, 0.15) is 104 Å². The normalized spacial score (nSPS) is 36.2. The Bertz CT molecular complexity index is 2680. The van der Waals surface area contributed by atoms with E-state index in [0.29, 0.717) is 18.8 Å². The number of nitrogens with one attached hydrogen (secondary N) is 5. The molecular weight excluding hydrogens is 1320 g/mol. The number of methoxy groups -OCH3 is 1. The zero-order valence-electron chi connectivity index (χ0n) is 56.6. The van der Waals surface area contributed by atoms with Crippen LogP contribution in [0.15, 0.2) is 36.4 Å². The molecule has 1 aromatic rings. The molecule has 0 aromatic heterocycles. The van der Waals surface area contributed by atoms with Gasteiger partial charge in [-0.3, -0.25) is 24.0 Å². The van der Waals surface area contributed by atoms with E-state index in [9.17, 15) is 90.4 Å². The maximum Gasteiger partial charge on any atom is 0.251 e. The van der Waals surface area contributed by atoms with E-state index in [-0.39, 0.29) is 5.56 Å². The molecule has 18 N–H and O–H groups in total. The van der Waals surface area contributed by atoms with Crippen molar-refractivity contribution in [1.29, 1.82) is 0 Å². The fourth-order valence-electron chi connectivity index (χ4n) is 12.0. The third kappa shape index (κ3) is 22.8. The summed E-state index contributed by atoms with van der Waals surface area (Å²) in [6, 6.07) is -0.590. The zero-order valence-corrected chi connectivity index (χ0v) is 56.6. The predicted octanol–water partition coefficient (Wildman–Crippen LogP) is -6.13. The lowest BCUT2D eigenvalue weighted by Crippen LogP contribution is -2.70. The summed E-state index contributed by atoms with van der Waals surface area (Å²) in [4.78, 5) is 64.5. The molecule has 13 unspecified atom stereocenters. The lowest BCUT2D eigenvalue weighted by Gasteiger charge is -2.49. The summed E-state index contributed by atoms with van der Waals surface area (Å²) < 4.78 is 77.5. The first-order valence-corrected chi connectivity index (χ1v) is 33.1. The topological polar surface area (TPSA) is 528 Å². The van der Waals surface area contributed by atoms with Crippen LogP contribution < -0.4 is 31.3 Å². The maximum absolute atomic E-state index is 13.9. The highest BCUT2D eigenvalue weighted by atomic mass is 16.8. The van der Waals surface area contributed by atoms with Gasteiger partial charge in [0.05, 0.1) is 51.8 Å². The van der Waals surface area contributed by atoms with Crippen molar-refractivity contribution in [3.8, 4) is 5.75 Å². The van der Waals surface area contributed by atoms with Crippen LogP contribution in [0.4, 0.5) is 0 Å². The molecule has 0 spiro atoms. The number of aliphatic hydroxyl groups excluding tert-OH is 13. The Morgan fingerprint density at radius 3 is 1.73 bits per heavy atom. The number of carbonyl (C=O) groups is 5. The predicted molar refractivity (Wildman–Crippen MR) is 335 cm³/mol. The number of ether oxygens (including phenoxy) is 13. The van der Waals surface area contributed by atoms with E-state index in [1.807, 2.05) is 0 Å². The summed E-state index contributed by atoms with van der Waals surface area (Å²) >= 11 is 0.